The zero-order valence-electron chi connectivity index (χ0n) is 7.19. The first-order valence-corrected chi connectivity index (χ1v) is 4.83. The Bertz CT molecular complexity index is 203. The Morgan fingerprint density at radius 1 is 0.667 bits per heavy atom. The summed E-state index contributed by atoms with van der Waals surface area (Å²) in [5, 5.41) is 0. The Balaban J connectivity index is 1.82. The molecule has 66 valence electrons. The molecule has 0 aromatic carbocycles. The van der Waals surface area contributed by atoms with E-state index in [1.807, 2.05) is 0 Å². The molecule has 4 nitrogen and oxygen atoms in total. The van der Waals surface area contributed by atoms with Gasteiger partial charge in [0.25, 0.3) is 0 Å². The maximum Gasteiger partial charge on any atom is 0.0534 e. The van der Waals surface area contributed by atoms with Gasteiger partial charge < -0.3 is 0 Å². The summed E-state index contributed by atoms with van der Waals surface area (Å²) in [7, 11) is 0. The molecule has 4 heteroatoms. The third-order valence-corrected chi connectivity index (χ3v) is 3.80. The van der Waals surface area contributed by atoms with E-state index in [1.165, 1.54) is 39.8 Å². The van der Waals surface area contributed by atoms with Crippen LogP contribution in [-0.2, 0) is 0 Å². The van der Waals surface area contributed by atoms with E-state index < -0.39 is 0 Å². The van der Waals surface area contributed by atoms with Gasteiger partial charge in [0.15, 0.2) is 0 Å². The van der Waals surface area contributed by atoms with Crippen molar-refractivity contribution in [2.75, 3.05) is 39.8 Å². The fraction of sp³-hybridized carbons (Fsp3) is 1.00. The van der Waals surface area contributed by atoms with Crippen LogP contribution in [0.5, 0.6) is 0 Å². The average molecular weight is 166 g/mol. The van der Waals surface area contributed by atoms with E-state index in [4.69, 9.17) is 0 Å². The number of nitrogens with zero attached hydrogens (tertiary/aromatic N) is 4. The van der Waals surface area contributed by atoms with Crippen molar-refractivity contribution in [3.8, 4) is 0 Å². The zero-order valence-corrected chi connectivity index (χ0v) is 7.19. The molecule has 4 fully saturated rings. The third-order valence-electron chi connectivity index (χ3n) is 3.80. The van der Waals surface area contributed by atoms with Crippen molar-refractivity contribution >= 4 is 0 Å². The lowest BCUT2D eigenvalue weighted by Crippen LogP contribution is -2.55. The van der Waals surface area contributed by atoms with Crippen LogP contribution in [0.1, 0.15) is 0 Å². The van der Waals surface area contributed by atoms with Crippen LogP contribution in [0.15, 0.2) is 0 Å². The molecular weight excluding hydrogens is 152 g/mol. The molecule has 0 N–H and O–H groups in total. The van der Waals surface area contributed by atoms with Crippen molar-refractivity contribution in [2.45, 2.75) is 12.1 Å². The standard InChI is InChI=1S/C8H14N4/c1-7-8-2-10-4-12(8)5-9(1)3-11(7)6-10/h7-8H,1-6H2/t7-,8-/m0/s1. The minimum absolute atomic E-state index is 0.859. The van der Waals surface area contributed by atoms with Gasteiger partial charge in [0, 0.05) is 25.2 Å². The second kappa shape index (κ2) is 1.85. The molecule has 4 heterocycles. The van der Waals surface area contributed by atoms with E-state index in [0.717, 1.165) is 12.1 Å². The van der Waals surface area contributed by atoms with E-state index in [2.05, 4.69) is 19.6 Å². The minimum atomic E-state index is 0.859. The van der Waals surface area contributed by atoms with Crippen LogP contribution in [0, 0.1) is 0 Å². The SMILES string of the molecule is C1[C@H]2[C@@H]3CN4CN2CN1CN3C4. The van der Waals surface area contributed by atoms with E-state index >= 15 is 0 Å². The molecule has 4 saturated heterocycles. The van der Waals surface area contributed by atoms with E-state index in [9.17, 15) is 0 Å². The van der Waals surface area contributed by atoms with Gasteiger partial charge >= 0.3 is 0 Å². The monoisotopic (exact) mass is 166 g/mol. The van der Waals surface area contributed by atoms with Crippen LogP contribution in [0.25, 0.3) is 0 Å². The topological polar surface area (TPSA) is 13.0 Å². The summed E-state index contributed by atoms with van der Waals surface area (Å²) in [4.78, 5) is 10.4. The predicted octanol–water partition coefficient (Wildman–Crippen LogP) is -1.18. The number of hydrogen-bond donors (Lipinski definition) is 0. The summed E-state index contributed by atoms with van der Waals surface area (Å²) in [5.41, 5.74) is 0. The average Bonchev–Trinajstić information content (AvgIpc) is 2.55. The van der Waals surface area contributed by atoms with Gasteiger partial charge in [-0.25, -0.2) is 0 Å². The number of hydrogen-bond acceptors (Lipinski definition) is 4. The molecule has 2 atom stereocenters. The fourth-order valence-electron chi connectivity index (χ4n) is 3.35. The predicted molar refractivity (Wildman–Crippen MR) is 44.1 cm³/mol. The molecule has 0 aliphatic carbocycles. The molecule has 0 aromatic rings. The summed E-state index contributed by atoms with van der Waals surface area (Å²) >= 11 is 0. The summed E-state index contributed by atoms with van der Waals surface area (Å²) in [6.45, 7) is 7.52. The van der Waals surface area contributed by atoms with Crippen LogP contribution in [0.4, 0.5) is 0 Å². The molecule has 12 heavy (non-hydrogen) atoms. The van der Waals surface area contributed by atoms with Gasteiger partial charge in [0.05, 0.1) is 26.7 Å². The second-order valence-corrected chi connectivity index (χ2v) is 4.58. The van der Waals surface area contributed by atoms with E-state index in [-0.39, 0.29) is 0 Å². The maximum atomic E-state index is 2.64. The largest absolute Gasteiger partial charge is 0.276 e. The Labute approximate surface area is 72.3 Å². The Morgan fingerprint density at radius 2 is 1.08 bits per heavy atom. The van der Waals surface area contributed by atoms with E-state index in [0.29, 0.717) is 0 Å². The first-order valence-electron chi connectivity index (χ1n) is 4.83. The van der Waals surface area contributed by atoms with Gasteiger partial charge in [-0.3, -0.25) is 19.6 Å². The molecule has 0 saturated carbocycles. The lowest BCUT2D eigenvalue weighted by atomic mass is 10.1. The normalized spacial score (nSPS) is 57.0. The molecule has 0 unspecified atom stereocenters. The lowest BCUT2D eigenvalue weighted by molar-refractivity contribution is 0.0893. The molecule has 0 spiro atoms. The zero-order chi connectivity index (χ0) is 7.71. The van der Waals surface area contributed by atoms with Gasteiger partial charge in [-0.15, -0.1) is 0 Å². The quantitative estimate of drug-likeness (QED) is 0.449. The van der Waals surface area contributed by atoms with Crippen molar-refractivity contribution in [1.82, 2.24) is 19.6 Å². The molecule has 4 rings (SSSR count). The summed E-state index contributed by atoms with van der Waals surface area (Å²) in [5.74, 6) is 0. The fourth-order valence-corrected chi connectivity index (χ4v) is 3.35. The van der Waals surface area contributed by atoms with Gasteiger partial charge in [-0.05, 0) is 0 Å². The molecule has 4 aliphatic heterocycles. The summed E-state index contributed by atoms with van der Waals surface area (Å²) in [6, 6.07) is 1.72. The molecular formula is C8H14N4. The number of rotatable bonds is 0. The highest BCUT2D eigenvalue weighted by Crippen LogP contribution is 2.34. The highest BCUT2D eigenvalue weighted by molar-refractivity contribution is 5.04. The molecule has 0 amide bonds. The van der Waals surface area contributed by atoms with Crippen LogP contribution >= 0.6 is 0 Å². The van der Waals surface area contributed by atoms with Crippen LogP contribution in [-0.4, -0.2) is 71.4 Å². The van der Waals surface area contributed by atoms with Crippen LogP contribution in [0.3, 0.4) is 0 Å². The Morgan fingerprint density at radius 3 is 1.50 bits per heavy atom. The second-order valence-electron chi connectivity index (χ2n) is 4.58. The van der Waals surface area contributed by atoms with Gasteiger partial charge in [-0.2, -0.15) is 0 Å². The van der Waals surface area contributed by atoms with Gasteiger partial charge in [-0.1, -0.05) is 0 Å². The molecule has 0 aromatic heterocycles. The highest BCUT2D eigenvalue weighted by Gasteiger charge is 2.51. The first-order chi connectivity index (χ1) is 5.90. The van der Waals surface area contributed by atoms with Crippen molar-refractivity contribution in [3.63, 3.8) is 0 Å². The third kappa shape index (κ3) is 0.599. The van der Waals surface area contributed by atoms with Crippen molar-refractivity contribution in [2.24, 2.45) is 0 Å². The Kier molecular flexibility index (Phi) is 0.972. The highest BCUT2D eigenvalue weighted by atomic mass is 15.6. The minimum Gasteiger partial charge on any atom is -0.276 e. The number of fused-ring (bicyclic) bond motifs is 2. The van der Waals surface area contributed by atoms with Crippen LogP contribution in [0.2, 0.25) is 0 Å². The van der Waals surface area contributed by atoms with Gasteiger partial charge in [0.1, 0.15) is 0 Å². The molecule has 0 radical (unpaired) electrons. The molecule has 4 bridgehead atoms. The van der Waals surface area contributed by atoms with Crippen molar-refractivity contribution in [3.05, 3.63) is 0 Å². The summed E-state index contributed by atoms with van der Waals surface area (Å²) in [6.07, 6.45) is 0. The lowest BCUT2D eigenvalue weighted by Gasteiger charge is -2.37. The van der Waals surface area contributed by atoms with Gasteiger partial charge in [0.2, 0.25) is 0 Å². The smallest absolute Gasteiger partial charge is 0.0534 e. The van der Waals surface area contributed by atoms with Crippen molar-refractivity contribution < 1.29 is 0 Å². The Hall–Kier alpha value is -0.160. The van der Waals surface area contributed by atoms with E-state index in [1.54, 1.807) is 0 Å². The maximum absolute atomic E-state index is 2.64. The summed E-state index contributed by atoms with van der Waals surface area (Å²) < 4.78 is 0. The first kappa shape index (κ1) is 6.32. The molecule has 4 aliphatic rings. The van der Waals surface area contributed by atoms with Crippen molar-refractivity contribution in [1.29, 1.82) is 0 Å². The van der Waals surface area contributed by atoms with Crippen LogP contribution < -0.4 is 0 Å².